The van der Waals surface area contributed by atoms with E-state index in [4.69, 9.17) is 0 Å². The summed E-state index contributed by atoms with van der Waals surface area (Å²) in [5.74, 6) is 0. The molecule has 5 nitrogen and oxygen atoms in total. The van der Waals surface area contributed by atoms with Gasteiger partial charge in [-0.1, -0.05) is 24.6 Å². The fraction of sp³-hybridized carbons (Fsp3) is 0.571. The number of fused-ring (bicyclic) bond motifs is 1. The topological polar surface area (TPSA) is 61.4 Å². The first kappa shape index (κ1) is 14.0. The van der Waals surface area contributed by atoms with Gasteiger partial charge in [-0.2, -0.15) is 17.4 Å². The molecule has 0 amide bonds. The highest BCUT2D eigenvalue weighted by molar-refractivity contribution is 7.87. The van der Waals surface area contributed by atoms with E-state index in [0.29, 0.717) is 19.6 Å². The van der Waals surface area contributed by atoms with Crippen LogP contribution in [0.4, 0.5) is 0 Å². The average molecular weight is 295 g/mol. The largest absolute Gasteiger partial charge is 0.309 e. The minimum atomic E-state index is -3.33. The van der Waals surface area contributed by atoms with Crippen molar-refractivity contribution >= 4 is 10.2 Å². The molecule has 0 aliphatic carbocycles. The van der Waals surface area contributed by atoms with Gasteiger partial charge < -0.3 is 5.32 Å². The van der Waals surface area contributed by atoms with Crippen LogP contribution in [0.2, 0.25) is 0 Å². The molecule has 20 heavy (non-hydrogen) atoms. The molecule has 1 aromatic carbocycles. The van der Waals surface area contributed by atoms with Crippen molar-refractivity contribution in [2.75, 3.05) is 13.1 Å². The molecule has 2 N–H and O–H groups in total. The predicted molar refractivity (Wildman–Crippen MR) is 78.2 cm³/mol. The fourth-order valence-electron chi connectivity index (χ4n) is 2.83. The zero-order valence-electron chi connectivity index (χ0n) is 11.6. The summed E-state index contributed by atoms with van der Waals surface area (Å²) in [5, 5.41) is 3.29. The van der Waals surface area contributed by atoms with Gasteiger partial charge in [-0.15, -0.1) is 0 Å². The SMILES string of the molecule is O=S(=O)(NCc1ccc2c(c1)CNC2)N1CCCCC1. The van der Waals surface area contributed by atoms with Crippen molar-refractivity contribution in [2.24, 2.45) is 0 Å². The average Bonchev–Trinajstić information content (AvgIpc) is 2.94. The summed E-state index contributed by atoms with van der Waals surface area (Å²) >= 11 is 0. The molecular weight excluding hydrogens is 274 g/mol. The summed E-state index contributed by atoms with van der Waals surface area (Å²) in [6.07, 6.45) is 3.06. The van der Waals surface area contributed by atoms with E-state index in [-0.39, 0.29) is 0 Å². The van der Waals surface area contributed by atoms with Crippen LogP contribution in [0.3, 0.4) is 0 Å². The highest BCUT2D eigenvalue weighted by atomic mass is 32.2. The van der Waals surface area contributed by atoms with Crippen LogP contribution in [0.5, 0.6) is 0 Å². The monoisotopic (exact) mass is 295 g/mol. The Bertz CT molecular complexity index is 580. The first-order valence-corrected chi connectivity index (χ1v) is 8.65. The Morgan fingerprint density at radius 3 is 2.65 bits per heavy atom. The minimum absolute atomic E-state index is 0.367. The Hall–Kier alpha value is -0.950. The van der Waals surface area contributed by atoms with Gasteiger partial charge in [0.2, 0.25) is 0 Å². The molecule has 0 bridgehead atoms. The second-order valence-corrected chi connectivity index (χ2v) is 7.25. The maximum atomic E-state index is 12.2. The summed E-state index contributed by atoms with van der Waals surface area (Å²) in [6.45, 7) is 3.44. The maximum Gasteiger partial charge on any atom is 0.279 e. The van der Waals surface area contributed by atoms with Crippen LogP contribution < -0.4 is 10.0 Å². The number of piperidine rings is 1. The van der Waals surface area contributed by atoms with Crippen LogP contribution in [-0.4, -0.2) is 25.8 Å². The molecule has 1 fully saturated rings. The smallest absolute Gasteiger partial charge is 0.279 e. The Morgan fingerprint density at radius 1 is 1.10 bits per heavy atom. The summed E-state index contributed by atoms with van der Waals surface area (Å²) in [6, 6.07) is 6.18. The highest BCUT2D eigenvalue weighted by Crippen LogP contribution is 2.17. The van der Waals surface area contributed by atoms with Gasteiger partial charge in [0.25, 0.3) is 10.2 Å². The molecule has 1 aromatic rings. The minimum Gasteiger partial charge on any atom is -0.309 e. The molecule has 0 spiro atoms. The molecule has 0 unspecified atom stereocenters. The quantitative estimate of drug-likeness (QED) is 0.875. The van der Waals surface area contributed by atoms with Crippen LogP contribution in [0, 0.1) is 0 Å². The molecule has 0 radical (unpaired) electrons. The maximum absolute atomic E-state index is 12.2. The second kappa shape index (κ2) is 5.81. The zero-order valence-corrected chi connectivity index (χ0v) is 12.4. The van der Waals surface area contributed by atoms with E-state index >= 15 is 0 Å². The number of nitrogens with zero attached hydrogens (tertiary/aromatic N) is 1. The lowest BCUT2D eigenvalue weighted by Crippen LogP contribution is -2.43. The van der Waals surface area contributed by atoms with Crippen LogP contribution in [0.25, 0.3) is 0 Å². The number of rotatable bonds is 4. The van der Waals surface area contributed by atoms with Gasteiger partial charge in [0.05, 0.1) is 0 Å². The van der Waals surface area contributed by atoms with Gasteiger partial charge in [-0.25, -0.2) is 0 Å². The summed E-state index contributed by atoms with van der Waals surface area (Å²) in [4.78, 5) is 0. The predicted octanol–water partition coefficient (Wildman–Crippen LogP) is 1.11. The fourth-order valence-corrected chi connectivity index (χ4v) is 4.10. The van der Waals surface area contributed by atoms with Crippen molar-refractivity contribution in [3.63, 3.8) is 0 Å². The molecule has 2 aliphatic heterocycles. The van der Waals surface area contributed by atoms with E-state index in [1.807, 2.05) is 6.07 Å². The lowest BCUT2D eigenvalue weighted by Gasteiger charge is -2.25. The summed E-state index contributed by atoms with van der Waals surface area (Å²) < 4.78 is 28.7. The Balaban J connectivity index is 1.63. The first-order valence-electron chi connectivity index (χ1n) is 7.21. The lowest BCUT2D eigenvalue weighted by atomic mass is 10.1. The molecule has 0 saturated carbocycles. The van der Waals surface area contributed by atoms with E-state index in [0.717, 1.165) is 37.9 Å². The number of nitrogens with one attached hydrogen (secondary N) is 2. The molecule has 0 aromatic heterocycles. The number of hydrogen-bond donors (Lipinski definition) is 2. The van der Waals surface area contributed by atoms with E-state index in [1.165, 1.54) is 11.1 Å². The highest BCUT2D eigenvalue weighted by Gasteiger charge is 2.23. The molecular formula is C14H21N3O2S. The number of hydrogen-bond acceptors (Lipinski definition) is 3. The van der Waals surface area contributed by atoms with Crippen molar-refractivity contribution in [3.05, 3.63) is 34.9 Å². The molecule has 2 aliphatic rings. The summed E-state index contributed by atoms with van der Waals surface area (Å²) in [7, 11) is -3.33. The first-order chi connectivity index (χ1) is 9.65. The lowest BCUT2D eigenvalue weighted by molar-refractivity contribution is 0.341. The van der Waals surface area contributed by atoms with Crippen LogP contribution in [-0.2, 0) is 29.8 Å². The van der Waals surface area contributed by atoms with Crippen molar-refractivity contribution in [1.29, 1.82) is 0 Å². The Labute approximate surface area is 120 Å². The molecule has 2 heterocycles. The van der Waals surface area contributed by atoms with Gasteiger partial charge in [-0.05, 0) is 29.5 Å². The molecule has 0 atom stereocenters. The second-order valence-electron chi connectivity index (χ2n) is 5.49. The van der Waals surface area contributed by atoms with Crippen molar-refractivity contribution < 1.29 is 8.42 Å². The standard InChI is InChI=1S/C14H21N3O2S/c18-20(19,17-6-2-1-3-7-17)16-9-12-4-5-13-10-15-11-14(13)8-12/h4-5,8,15-16H,1-3,6-7,9-11H2. The zero-order chi connectivity index (χ0) is 14.0. The van der Waals surface area contributed by atoms with Crippen LogP contribution in [0.15, 0.2) is 18.2 Å². The Morgan fingerprint density at radius 2 is 1.85 bits per heavy atom. The third-order valence-corrected chi connectivity index (χ3v) is 5.57. The summed E-state index contributed by atoms with van der Waals surface area (Å²) in [5.41, 5.74) is 3.61. The number of benzene rings is 1. The van der Waals surface area contributed by atoms with Gasteiger partial charge in [0.15, 0.2) is 0 Å². The molecule has 3 rings (SSSR count). The van der Waals surface area contributed by atoms with E-state index in [1.54, 1.807) is 4.31 Å². The normalized spacial score (nSPS) is 20.0. The van der Waals surface area contributed by atoms with Gasteiger partial charge in [-0.3, -0.25) is 0 Å². The van der Waals surface area contributed by atoms with Crippen molar-refractivity contribution in [2.45, 2.75) is 38.9 Å². The van der Waals surface area contributed by atoms with Gasteiger partial charge >= 0.3 is 0 Å². The van der Waals surface area contributed by atoms with Gasteiger partial charge in [0, 0.05) is 32.7 Å². The molecule has 110 valence electrons. The third-order valence-electron chi connectivity index (χ3n) is 4.02. The van der Waals surface area contributed by atoms with E-state index in [2.05, 4.69) is 22.2 Å². The third kappa shape index (κ3) is 3.03. The molecule has 1 saturated heterocycles. The van der Waals surface area contributed by atoms with Crippen LogP contribution >= 0.6 is 0 Å². The van der Waals surface area contributed by atoms with Crippen molar-refractivity contribution in [3.8, 4) is 0 Å². The van der Waals surface area contributed by atoms with Crippen molar-refractivity contribution in [1.82, 2.24) is 14.3 Å². The van der Waals surface area contributed by atoms with Crippen LogP contribution in [0.1, 0.15) is 36.0 Å². The van der Waals surface area contributed by atoms with E-state index < -0.39 is 10.2 Å². The Kier molecular flexibility index (Phi) is 4.07. The molecule has 6 heteroatoms. The van der Waals surface area contributed by atoms with E-state index in [9.17, 15) is 8.42 Å². The van der Waals surface area contributed by atoms with Gasteiger partial charge in [0.1, 0.15) is 0 Å².